The summed E-state index contributed by atoms with van der Waals surface area (Å²) in [6.07, 6.45) is 1.74. The highest BCUT2D eigenvalue weighted by molar-refractivity contribution is 7.89. The van der Waals surface area contributed by atoms with Crippen LogP contribution in [0.5, 0.6) is 11.5 Å². The van der Waals surface area contributed by atoms with Crippen molar-refractivity contribution >= 4 is 21.6 Å². The van der Waals surface area contributed by atoms with E-state index < -0.39 is 10.0 Å². The molecule has 8 heteroatoms. The zero-order valence-corrected chi connectivity index (χ0v) is 17.7. The number of rotatable bonds is 6. The van der Waals surface area contributed by atoms with Gasteiger partial charge >= 0.3 is 0 Å². The van der Waals surface area contributed by atoms with E-state index in [9.17, 15) is 13.2 Å². The van der Waals surface area contributed by atoms with Crippen molar-refractivity contribution in [3.8, 4) is 11.5 Å². The van der Waals surface area contributed by atoms with Crippen molar-refractivity contribution in [1.29, 1.82) is 0 Å². The van der Waals surface area contributed by atoms with Crippen LogP contribution >= 0.6 is 0 Å². The minimum atomic E-state index is -3.51. The van der Waals surface area contributed by atoms with E-state index in [1.165, 1.54) is 30.7 Å². The Balaban J connectivity index is 1.73. The minimum Gasteiger partial charge on any atom is -0.497 e. The number of hydrogen-bond acceptors (Lipinski definition) is 5. The van der Waals surface area contributed by atoms with E-state index in [0.29, 0.717) is 41.8 Å². The molecule has 1 heterocycles. The highest BCUT2D eigenvalue weighted by Crippen LogP contribution is 2.27. The van der Waals surface area contributed by atoms with E-state index in [4.69, 9.17) is 9.47 Å². The lowest BCUT2D eigenvalue weighted by Gasteiger charge is -2.29. The normalized spacial score (nSPS) is 15.7. The van der Waals surface area contributed by atoms with Gasteiger partial charge in [0.05, 0.1) is 24.7 Å². The molecule has 0 aromatic heterocycles. The van der Waals surface area contributed by atoms with Gasteiger partial charge in [0.15, 0.2) is 0 Å². The molecule has 1 aliphatic heterocycles. The molecule has 156 valence electrons. The Labute approximate surface area is 171 Å². The summed E-state index contributed by atoms with van der Waals surface area (Å²) in [5, 5.41) is 2.77. The molecule has 0 atom stereocenters. The van der Waals surface area contributed by atoms with Gasteiger partial charge in [0, 0.05) is 24.8 Å². The van der Waals surface area contributed by atoms with Gasteiger partial charge in [0.1, 0.15) is 11.5 Å². The number of anilines is 1. The number of sulfonamides is 1. The molecule has 0 saturated carbocycles. The first-order valence-corrected chi connectivity index (χ1v) is 10.9. The molecule has 1 amide bonds. The zero-order valence-electron chi connectivity index (χ0n) is 16.8. The number of piperidine rings is 1. The third kappa shape index (κ3) is 4.71. The maximum atomic E-state index is 12.8. The molecule has 0 unspecified atom stereocenters. The molecular weight excluding hydrogens is 392 g/mol. The third-order valence-corrected chi connectivity index (χ3v) is 7.06. The van der Waals surface area contributed by atoms with Gasteiger partial charge < -0.3 is 14.8 Å². The highest BCUT2D eigenvalue weighted by atomic mass is 32.2. The summed E-state index contributed by atoms with van der Waals surface area (Å²) < 4.78 is 37.5. The maximum Gasteiger partial charge on any atom is 0.259 e. The Morgan fingerprint density at radius 3 is 2.28 bits per heavy atom. The van der Waals surface area contributed by atoms with Gasteiger partial charge in [-0.05, 0) is 55.2 Å². The Morgan fingerprint density at radius 1 is 1.03 bits per heavy atom. The van der Waals surface area contributed by atoms with Crippen molar-refractivity contribution in [2.75, 3.05) is 32.6 Å². The first-order chi connectivity index (χ1) is 13.8. The van der Waals surface area contributed by atoms with Gasteiger partial charge in [-0.3, -0.25) is 4.79 Å². The average molecular weight is 419 g/mol. The van der Waals surface area contributed by atoms with Crippen LogP contribution in [0.1, 0.15) is 30.1 Å². The van der Waals surface area contributed by atoms with Crippen molar-refractivity contribution in [2.45, 2.75) is 24.7 Å². The van der Waals surface area contributed by atoms with Crippen molar-refractivity contribution in [3.63, 3.8) is 0 Å². The second kappa shape index (κ2) is 8.84. The van der Waals surface area contributed by atoms with E-state index >= 15 is 0 Å². The third-order valence-electron chi connectivity index (χ3n) is 5.15. The molecule has 2 aromatic carbocycles. The van der Waals surface area contributed by atoms with Crippen LogP contribution in [0.15, 0.2) is 47.4 Å². The van der Waals surface area contributed by atoms with Gasteiger partial charge in [0.25, 0.3) is 5.91 Å². The molecule has 0 aliphatic carbocycles. The second-order valence-corrected chi connectivity index (χ2v) is 9.07. The Kier molecular flexibility index (Phi) is 6.44. The van der Waals surface area contributed by atoms with Crippen molar-refractivity contribution in [3.05, 3.63) is 48.0 Å². The topological polar surface area (TPSA) is 84.9 Å². The molecule has 1 fully saturated rings. The van der Waals surface area contributed by atoms with Crippen molar-refractivity contribution in [2.24, 2.45) is 5.92 Å². The molecule has 2 aromatic rings. The molecule has 7 nitrogen and oxygen atoms in total. The predicted octanol–water partition coefficient (Wildman–Crippen LogP) is 3.38. The summed E-state index contributed by atoms with van der Waals surface area (Å²) >= 11 is 0. The quantitative estimate of drug-likeness (QED) is 0.777. The SMILES string of the molecule is COc1ccc(C(=O)Nc2ccc(S(=O)(=O)N3CCC(C)CC3)cc2)c(OC)c1. The van der Waals surface area contributed by atoms with Crippen LogP contribution in [0.2, 0.25) is 0 Å². The average Bonchev–Trinajstić information content (AvgIpc) is 2.73. The van der Waals surface area contributed by atoms with E-state index in [-0.39, 0.29) is 10.8 Å². The van der Waals surface area contributed by atoms with Crippen molar-refractivity contribution in [1.82, 2.24) is 4.31 Å². The molecule has 0 spiro atoms. The summed E-state index contributed by atoms with van der Waals surface area (Å²) in [5.74, 6) is 1.17. The number of carbonyl (C=O) groups is 1. The largest absolute Gasteiger partial charge is 0.497 e. The highest BCUT2D eigenvalue weighted by Gasteiger charge is 2.28. The Hall–Kier alpha value is -2.58. The van der Waals surface area contributed by atoms with E-state index in [0.717, 1.165) is 12.8 Å². The number of nitrogens with zero attached hydrogens (tertiary/aromatic N) is 1. The zero-order chi connectivity index (χ0) is 21.0. The van der Waals surface area contributed by atoms with Crippen molar-refractivity contribution < 1.29 is 22.7 Å². The number of benzene rings is 2. The fourth-order valence-corrected chi connectivity index (χ4v) is 4.74. The molecule has 1 N–H and O–H groups in total. The summed E-state index contributed by atoms with van der Waals surface area (Å²) in [4.78, 5) is 12.8. The summed E-state index contributed by atoms with van der Waals surface area (Å²) in [5.41, 5.74) is 0.853. The van der Waals surface area contributed by atoms with Gasteiger partial charge in [0.2, 0.25) is 10.0 Å². The molecule has 3 rings (SSSR count). The number of hydrogen-bond donors (Lipinski definition) is 1. The Morgan fingerprint density at radius 2 is 1.69 bits per heavy atom. The monoisotopic (exact) mass is 418 g/mol. The maximum absolute atomic E-state index is 12.8. The Bertz CT molecular complexity index is 965. The van der Waals surface area contributed by atoms with Crippen LogP contribution in [0, 0.1) is 5.92 Å². The lowest BCUT2D eigenvalue weighted by Crippen LogP contribution is -2.37. The van der Waals surface area contributed by atoms with Crippen LogP contribution in [0.4, 0.5) is 5.69 Å². The molecular formula is C21H26N2O5S. The fraction of sp³-hybridized carbons (Fsp3) is 0.381. The van der Waals surface area contributed by atoms with Crippen LogP contribution < -0.4 is 14.8 Å². The van der Waals surface area contributed by atoms with Gasteiger partial charge in [-0.1, -0.05) is 6.92 Å². The standard InChI is InChI=1S/C21H26N2O5S/c1-15-10-12-23(13-11-15)29(25,26)18-7-4-16(5-8-18)22-21(24)19-9-6-17(27-2)14-20(19)28-3/h4-9,14-15H,10-13H2,1-3H3,(H,22,24). The number of nitrogens with one attached hydrogen (secondary N) is 1. The van der Waals surface area contributed by atoms with Crippen LogP contribution in [0.3, 0.4) is 0 Å². The number of methoxy groups -OCH3 is 2. The smallest absolute Gasteiger partial charge is 0.259 e. The van der Waals surface area contributed by atoms with Crippen LogP contribution in [0.25, 0.3) is 0 Å². The van der Waals surface area contributed by atoms with E-state index in [1.807, 2.05) is 0 Å². The minimum absolute atomic E-state index is 0.229. The van der Waals surface area contributed by atoms with Crippen LogP contribution in [-0.2, 0) is 10.0 Å². The molecule has 1 saturated heterocycles. The molecule has 29 heavy (non-hydrogen) atoms. The lowest BCUT2D eigenvalue weighted by molar-refractivity contribution is 0.102. The predicted molar refractivity (Wildman–Crippen MR) is 111 cm³/mol. The second-order valence-electron chi connectivity index (χ2n) is 7.13. The lowest BCUT2D eigenvalue weighted by atomic mass is 10.0. The number of ether oxygens (including phenoxy) is 2. The van der Waals surface area contributed by atoms with Gasteiger partial charge in [-0.2, -0.15) is 4.31 Å². The van der Waals surface area contributed by atoms with E-state index in [2.05, 4.69) is 12.2 Å². The number of amides is 1. The molecule has 1 aliphatic rings. The first-order valence-electron chi connectivity index (χ1n) is 9.48. The number of carbonyl (C=O) groups excluding carboxylic acids is 1. The van der Waals surface area contributed by atoms with Crippen LogP contribution in [-0.4, -0.2) is 45.9 Å². The van der Waals surface area contributed by atoms with E-state index in [1.54, 1.807) is 30.3 Å². The van der Waals surface area contributed by atoms with Gasteiger partial charge in [-0.25, -0.2) is 8.42 Å². The summed E-state index contributed by atoms with van der Waals surface area (Å²) in [6.45, 7) is 3.22. The van der Waals surface area contributed by atoms with Gasteiger partial charge in [-0.15, -0.1) is 0 Å². The fourth-order valence-electron chi connectivity index (χ4n) is 3.27. The molecule has 0 bridgehead atoms. The first kappa shape index (κ1) is 21.1. The summed E-state index contributed by atoms with van der Waals surface area (Å²) in [6, 6.07) is 11.1. The summed E-state index contributed by atoms with van der Waals surface area (Å²) in [7, 11) is -0.499. The molecule has 0 radical (unpaired) electrons.